The molecule has 0 atom stereocenters. The van der Waals surface area contributed by atoms with E-state index in [4.69, 9.17) is 4.42 Å². The van der Waals surface area contributed by atoms with Crippen LogP contribution in [0.2, 0.25) is 0 Å². The van der Waals surface area contributed by atoms with Crippen LogP contribution in [0.3, 0.4) is 0 Å². The van der Waals surface area contributed by atoms with Gasteiger partial charge in [0, 0.05) is 6.54 Å². The van der Waals surface area contributed by atoms with Crippen LogP contribution in [0, 0.1) is 20.8 Å². The first-order valence-electron chi connectivity index (χ1n) is 8.59. The molecule has 1 aromatic carbocycles. The van der Waals surface area contributed by atoms with Gasteiger partial charge in [0.15, 0.2) is 5.96 Å². The molecule has 0 saturated heterocycles. The number of nitrogens with one attached hydrogen (secondary N) is 2. The molecule has 0 aliphatic carbocycles. The summed E-state index contributed by atoms with van der Waals surface area (Å²) in [4.78, 5) is 9.06. The number of aryl methyl sites for hydroxylation is 3. The lowest BCUT2D eigenvalue weighted by Gasteiger charge is -2.11. The van der Waals surface area contributed by atoms with Crippen molar-refractivity contribution in [3.8, 4) is 0 Å². The van der Waals surface area contributed by atoms with Crippen molar-refractivity contribution in [1.29, 1.82) is 0 Å². The summed E-state index contributed by atoms with van der Waals surface area (Å²) in [6, 6.07) is 8.45. The normalized spacial score (nSPS) is 11.6. The van der Waals surface area contributed by atoms with E-state index in [2.05, 4.69) is 58.7 Å². The molecule has 130 valence electrons. The highest BCUT2D eigenvalue weighted by atomic mass is 16.4. The quantitative estimate of drug-likeness (QED) is 0.463. The van der Waals surface area contributed by atoms with Crippen molar-refractivity contribution >= 4 is 5.96 Å². The summed E-state index contributed by atoms with van der Waals surface area (Å²) in [5.41, 5.74) is 3.39. The summed E-state index contributed by atoms with van der Waals surface area (Å²) in [5, 5.41) is 6.66. The highest BCUT2D eigenvalue weighted by Crippen LogP contribution is 2.08. The van der Waals surface area contributed by atoms with Crippen LogP contribution in [-0.4, -0.2) is 17.5 Å². The zero-order chi connectivity index (χ0) is 17.4. The Morgan fingerprint density at radius 2 is 1.88 bits per heavy atom. The summed E-state index contributed by atoms with van der Waals surface area (Å²) < 4.78 is 5.61. The molecule has 0 fully saturated rings. The number of rotatable bonds is 7. The molecule has 0 bridgehead atoms. The van der Waals surface area contributed by atoms with Gasteiger partial charge < -0.3 is 15.1 Å². The van der Waals surface area contributed by atoms with E-state index in [-0.39, 0.29) is 0 Å². The van der Waals surface area contributed by atoms with E-state index in [1.807, 2.05) is 13.8 Å². The molecule has 2 aromatic rings. The Hall–Kier alpha value is -2.30. The van der Waals surface area contributed by atoms with Crippen LogP contribution in [-0.2, 0) is 13.1 Å². The third kappa shape index (κ3) is 5.72. The summed E-state index contributed by atoms with van der Waals surface area (Å²) in [6.45, 7) is 10.2. The molecule has 5 nitrogen and oxygen atoms in total. The average Bonchev–Trinajstić information content (AvgIpc) is 2.89. The fourth-order valence-corrected chi connectivity index (χ4v) is 2.20. The second-order valence-corrected chi connectivity index (χ2v) is 6.03. The van der Waals surface area contributed by atoms with Gasteiger partial charge in [-0.15, -0.1) is 0 Å². The predicted octanol–water partition coefficient (Wildman–Crippen LogP) is 3.64. The fraction of sp³-hybridized carbons (Fsp3) is 0.474. The average molecular weight is 328 g/mol. The van der Waals surface area contributed by atoms with Crippen molar-refractivity contribution < 1.29 is 4.42 Å². The van der Waals surface area contributed by atoms with Gasteiger partial charge in [0.1, 0.15) is 5.76 Å². The summed E-state index contributed by atoms with van der Waals surface area (Å²) in [6.07, 6.45) is 2.26. The third-order valence-electron chi connectivity index (χ3n) is 3.84. The van der Waals surface area contributed by atoms with Crippen molar-refractivity contribution in [2.45, 2.75) is 53.6 Å². The van der Waals surface area contributed by atoms with Gasteiger partial charge in [-0.1, -0.05) is 43.2 Å². The lowest BCUT2D eigenvalue weighted by Crippen LogP contribution is -2.37. The molecule has 5 heteroatoms. The minimum absolute atomic E-state index is 0.528. The highest BCUT2D eigenvalue weighted by molar-refractivity contribution is 5.79. The number of guanidine groups is 1. The van der Waals surface area contributed by atoms with E-state index in [9.17, 15) is 0 Å². The van der Waals surface area contributed by atoms with Crippen molar-refractivity contribution in [2.75, 3.05) is 6.54 Å². The minimum Gasteiger partial charge on any atom is -0.444 e. The molecule has 0 amide bonds. The summed E-state index contributed by atoms with van der Waals surface area (Å²) in [5.74, 6) is 2.34. The van der Waals surface area contributed by atoms with Gasteiger partial charge in [-0.3, -0.25) is 0 Å². The van der Waals surface area contributed by atoms with Crippen LogP contribution in [0.1, 0.15) is 48.2 Å². The number of unbranched alkanes of at least 4 members (excludes halogenated alkanes) is 1. The predicted molar refractivity (Wildman–Crippen MR) is 98.0 cm³/mol. The highest BCUT2D eigenvalue weighted by Gasteiger charge is 2.06. The number of benzene rings is 1. The first kappa shape index (κ1) is 18.0. The van der Waals surface area contributed by atoms with E-state index in [1.165, 1.54) is 11.1 Å². The van der Waals surface area contributed by atoms with Gasteiger partial charge in [-0.05, 0) is 32.8 Å². The zero-order valence-corrected chi connectivity index (χ0v) is 15.1. The molecule has 0 saturated carbocycles. The monoisotopic (exact) mass is 328 g/mol. The maximum Gasteiger partial charge on any atom is 0.214 e. The van der Waals surface area contributed by atoms with Gasteiger partial charge in [0.05, 0.1) is 18.8 Å². The molecule has 0 aliphatic rings. The Morgan fingerprint density at radius 1 is 1.12 bits per heavy atom. The summed E-state index contributed by atoms with van der Waals surface area (Å²) >= 11 is 0. The molecule has 1 heterocycles. The standard InChI is InChI=1S/C19H28N4O/c1-5-6-11-20-19(21-12-17-9-7-14(2)8-10-17)22-13-18-23-15(3)16(4)24-18/h7-10H,5-6,11-13H2,1-4H3,(H2,20,21,22). The molecule has 24 heavy (non-hydrogen) atoms. The maximum atomic E-state index is 5.61. The minimum atomic E-state index is 0.528. The van der Waals surface area contributed by atoms with Gasteiger partial charge >= 0.3 is 0 Å². The second kappa shape index (κ2) is 9.11. The van der Waals surface area contributed by atoms with Crippen LogP contribution in [0.25, 0.3) is 0 Å². The molecule has 1 aromatic heterocycles. The van der Waals surface area contributed by atoms with Crippen molar-refractivity contribution in [2.24, 2.45) is 4.99 Å². The number of hydrogen-bond acceptors (Lipinski definition) is 3. The fourth-order valence-electron chi connectivity index (χ4n) is 2.20. The zero-order valence-electron chi connectivity index (χ0n) is 15.1. The molecular weight excluding hydrogens is 300 g/mol. The van der Waals surface area contributed by atoms with Gasteiger partial charge in [0.25, 0.3) is 0 Å². The lowest BCUT2D eigenvalue weighted by atomic mass is 10.1. The van der Waals surface area contributed by atoms with Crippen LogP contribution >= 0.6 is 0 Å². The Morgan fingerprint density at radius 3 is 2.50 bits per heavy atom. The summed E-state index contributed by atoms with van der Waals surface area (Å²) in [7, 11) is 0. The Kier molecular flexibility index (Phi) is 6.85. The molecule has 0 spiro atoms. The Bertz CT molecular complexity index is 639. The van der Waals surface area contributed by atoms with E-state index in [1.54, 1.807) is 0 Å². The first-order valence-corrected chi connectivity index (χ1v) is 8.59. The first-order chi connectivity index (χ1) is 11.6. The molecule has 0 radical (unpaired) electrons. The molecule has 2 N–H and O–H groups in total. The van der Waals surface area contributed by atoms with Crippen LogP contribution in [0.5, 0.6) is 0 Å². The number of oxazole rings is 1. The van der Waals surface area contributed by atoms with Crippen LogP contribution in [0.4, 0.5) is 0 Å². The van der Waals surface area contributed by atoms with E-state index in [0.717, 1.165) is 36.8 Å². The number of nitrogens with zero attached hydrogens (tertiary/aromatic N) is 2. The van der Waals surface area contributed by atoms with Crippen LogP contribution in [0.15, 0.2) is 33.7 Å². The largest absolute Gasteiger partial charge is 0.444 e. The Labute approximate surface area is 144 Å². The van der Waals surface area contributed by atoms with Gasteiger partial charge in [-0.2, -0.15) is 0 Å². The Balaban J connectivity index is 1.97. The third-order valence-corrected chi connectivity index (χ3v) is 3.84. The smallest absolute Gasteiger partial charge is 0.214 e. The second-order valence-electron chi connectivity index (χ2n) is 6.03. The van der Waals surface area contributed by atoms with Gasteiger partial charge in [-0.25, -0.2) is 9.98 Å². The molecule has 2 rings (SSSR count). The van der Waals surface area contributed by atoms with Crippen molar-refractivity contribution in [3.63, 3.8) is 0 Å². The van der Waals surface area contributed by atoms with E-state index < -0.39 is 0 Å². The molecule has 0 aliphatic heterocycles. The van der Waals surface area contributed by atoms with E-state index in [0.29, 0.717) is 19.0 Å². The maximum absolute atomic E-state index is 5.61. The number of aromatic nitrogens is 1. The lowest BCUT2D eigenvalue weighted by molar-refractivity contribution is 0.463. The van der Waals surface area contributed by atoms with Crippen LogP contribution < -0.4 is 10.6 Å². The van der Waals surface area contributed by atoms with E-state index >= 15 is 0 Å². The molecule has 0 unspecified atom stereocenters. The van der Waals surface area contributed by atoms with Gasteiger partial charge in [0.2, 0.25) is 5.89 Å². The van der Waals surface area contributed by atoms with Crippen molar-refractivity contribution in [3.05, 3.63) is 52.7 Å². The van der Waals surface area contributed by atoms with Crippen molar-refractivity contribution in [1.82, 2.24) is 15.6 Å². The topological polar surface area (TPSA) is 62.5 Å². The number of hydrogen-bond donors (Lipinski definition) is 2. The SMILES string of the molecule is CCCCNC(=NCc1ccc(C)cc1)NCc1nc(C)c(C)o1. The number of aliphatic imine (C=N–C) groups is 1. The molecular formula is C19H28N4O.